The van der Waals surface area contributed by atoms with Gasteiger partial charge < -0.3 is 10.6 Å². The summed E-state index contributed by atoms with van der Waals surface area (Å²) < 4.78 is 26.3. The van der Waals surface area contributed by atoms with Crippen LogP contribution < -0.4 is 15.4 Å². The molecule has 2 aliphatic rings. The van der Waals surface area contributed by atoms with Crippen molar-refractivity contribution in [3.8, 4) is 0 Å². The number of rotatable bonds is 3. The normalized spacial score (nSPS) is 24.5. The van der Waals surface area contributed by atoms with Crippen LogP contribution in [0.15, 0.2) is 23.1 Å². The minimum Gasteiger partial charge on any atom is -0.328 e. The van der Waals surface area contributed by atoms with Crippen molar-refractivity contribution in [2.75, 3.05) is 18.5 Å². The fraction of sp³-hybridized carbons (Fsp3) is 0.562. The van der Waals surface area contributed by atoms with Gasteiger partial charge in [-0.2, -0.15) is 0 Å². The predicted molar refractivity (Wildman–Crippen MR) is 88.7 cm³/mol. The number of amides is 1. The molecule has 2 unspecified atom stereocenters. The molecule has 2 atom stereocenters. The van der Waals surface area contributed by atoms with Gasteiger partial charge in [0.1, 0.15) is 0 Å². The zero-order valence-electron chi connectivity index (χ0n) is 13.3. The van der Waals surface area contributed by atoms with Crippen molar-refractivity contribution in [3.63, 3.8) is 0 Å². The van der Waals surface area contributed by atoms with E-state index in [1.54, 1.807) is 23.1 Å². The third-order valence-corrected chi connectivity index (χ3v) is 6.27. The molecule has 1 saturated carbocycles. The average molecular weight is 337 g/mol. The van der Waals surface area contributed by atoms with Crippen LogP contribution in [-0.4, -0.2) is 34.0 Å². The number of anilines is 1. The van der Waals surface area contributed by atoms with Gasteiger partial charge in [0.25, 0.3) is 0 Å². The van der Waals surface area contributed by atoms with Crippen LogP contribution in [-0.2, 0) is 21.2 Å². The first-order valence-electron chi connectivity index (χ1n) is 8.06. The van der Waals surface area contributed by atoms with Crippen LogP contribution in [0.25, 0.3) is 0 Å². The van der Waals surface area contributed by atoms with Gasteiger partial charge in [0.2, 0.25) is 15.9 Å². The first-order chi connectivity index (χ1) is 10.9. The van der Waals surface area contributed by atoms with E-state index in [9.17, 15) is 13.2 Å². The van der Waals surface area contributed by atoms with E-state index in [-0.39, 0.29) is 22.8 Å². The highest BCUT2D eigenvalue weighted by molar-refractivity contribution is 7.89. The number of sulfonamides is 1. The smallest absolute Gasteiger partial charge is 0.240 e. The van der Waals surface area contributed by atoms with E-state index >= 15 is 0 Å². The van der Waals surface area contributed by atoms with Crippen LogP contribution in [0, 0.1) is 5.92 Å². The zero-order valence-corrected chi connectivity index (χ0v) is 14.1. The number of nitrogens with two attached hydrogens (primary N) is 1. The summed E-state index contributed by atoms with van der Waals surface area (Å²) in [6.45, 7) is 0.614. The van der Waals surface area contributed by atoms with Gasteiger partial charge in [0.05, 0.1) is 4.90 Å². The highest BCUT2D eigenvalue weighted by atomic mass is 32.2. The lowest BCUT2D eigenvalue weighted by Gasteiger charge is -2.29. The highest BCUT2D eigenvalue weighted by Gasteiger charge is 2.33. The summed E-state index contributed by atoms with van der Waals surface area (Å²) >= 11 is 0. The van der Waals surface area contributed by atoms with Gasteiger partial charge in [0.15, 0.2) is 0 Å². The second kappa shape index (κ2) is 6.22. The summed E-state index contributed by atoms with van der Waals surface area (Å²) in [7, 11) is -2.13. The van der Waals surface area contributed by atoms with Crippen LogP contribution in [0.4, 0.5) is 5.69 Å². The van der Waals surface area contributed by atoms with Gasteiger partial charge in [-0.3, -0.25) is 4.79 Å². The standard InChI is InChI=1S/C16H23N3O3S/c1-18-23(21,22)14-6-5-11-7-8-19(15(11)10-14)16(20)12-3-2-4-13(17)9-12/h5-6,10,12-13,18H,2-4,7-9,17H2,1H3. The minimum atomic E-state index is -3.51. The van der Waals surface area contributed by atoms with E-state index in [0.717, 1.165) is 43.4 Å². The number of nitrogens with one attached hydrogen (secondary N) is 1. The molecule has 1 aromatic rings. The molecular weight excluding hydrogens is 314 g/mol. The fourth-order valence-corrected chi connectivity index (χ4v) is 4.29. The molecule has 0 bridgehead atoms. The van der Waals surface area contributed by atoms with E-state index in [4.69, 9.17) is 5.73 Å². The van der Waals surface area contributed by atoms with Crippen molar-refractivity contribution in [2.45, 2.75) is 43.0 Å². The molecule has 7 heteroatoms. The Labute approximate surface area is 137 Å². The summed E-state index contributed by atoms with van der Waals surface area (Å²) in [5, 5.41) is 0. The highest BCUT2D eigenvalue weighted by Crippen LogP contribution is 2.34. The Kier molecular flexibility index (Phi) is 4.44. The van der Waals surface area contributed by atoms with E-state index in [1.807, 2.05) is 0 Å². The van der Waals surface area contributed by atoms with Crippen LogP contribution in [0.1, 0.15) is 31.2 Å². The summed E-state index contributed by atoms with van der Waals surface area (Å²) in [5.74, 6) is 0.0344. The molecule has 1 fully saturated rings. The van der Waals surface area contributed by atoms with Crippen molar-refractivity contribution < 1.29 is 13.2 Å². The molecule has 1 amide bonds. The molecule has 3 rings (SSSR count). The third-order valence-electron chi connectivity index (χ3n) is 4.86. The monoisotopic (exact) mass is 337 g/mol. The summed E-state index contributed by atoms with van der Waals surface area (Å²) in [4.78, 5) is 14.8. The second-order valence-corrected chi connectivity index (χ2v) is 8.25. The zero-order chi connectivity index (χ0) is 16.6. The summed E-state index contributed by atoms with van der Waals surface area (Å²) in [6.07, 6.45) is 4.31. The number of hydrogen-bond acceptors (Lipinski definition) is 4. The second-order valence-electron chi connectivity index (χ2n) is 6.36. The molecule has 0 spiro atoms. The van der Waals surface area contributed by atoms with Crippen LogP contribution in [0.3, 0.4) is 0 Å². The number of fused-ring (bicyclic) bond motifs is 1. The fourth-order valence-electron chi connectivity index (χ4n) is 3.55. The quantitative estimate of drug-likeness (QED) is 0.861. The summed E-state index contributed by atoms with van der Waals surface area (Å²) in [5.41, 5.74) is 7.75. The maximum Gasteiger partial charge on any atom is 0.240 e. The Hall–Kier alpha value is -1.44. The Balaban J connectivity index is 1.88. The van der Waals surface area contributed by atoms with Gasteiger partial charge >= 0.3 is 0 Å². The molecule has 3 N–H and O–H groups in total. The molecule has 1 aromatic carbocycles. The van der Waals surface area contributed by atoms with Gasteiger partial charge in [-0.05, 0) is 50.4 Å². The van der Waals surface area contributed by atoms with Gasteiger partial charge in [-0.25, -0.2) is 13.1 Å². The number of carbonyl (C=O) groups excluding carboxylic acids is 1. The van der Waals surface area contributed by atoms with Gasteiger partial charge in [-0.15, -0.1) is 0 Å². The largest absolute Gasteiger partial charge is 0.328 e. The number of benzene rings is 1. The third kappa shape index (κ3) is 3.13. The van der Waals surface area contributed by atoms with Gasteiger partial charge in [0, 0.05) is 24.2 Å². The van der Waals surface area contributed by atoms with E-state index in [0.29, 0.717) is 6.54 Å². The number of hydrogen-bond donors (Lipinski definition) is 2. The SMILES string of the molecule is CNS(=O)(=O)c1ccc2c(c1)N(C(=O)C1CCCC(N)C1)CC2. The lowest BCUT2D eigenvalue weighted by Crippen LogP contribution is -2.40. The molecule has 1 aliphatic heterocycles. The molecule has 1 aliphatic carbocycles. The average Bonchev–Trinajstić information content (AvgIpc) is 2.97. The van der Waals surface area contributed by atoms with E-state index in [2.05, 4.69) is 4.72 Å². The maximum absolute atomic E-state index is 12.8. The Bertz CT molecular complexity index is 717. The van der Waals surface area contributed by atoms with Crippen molar-refractivity contribution in [1.82, 2.24) is 4.72 Å². The summed E-state index contributed by atoms with van der Waals surface area (Å²) in [6, 6.07) is 5.10. The Morgan fingerprint density at radius 1 is 1.35 bits per heavy atom. The van der Waals surface area contributed by atoms with Crippen molar-refractivity contribution in [2.24, 2.45) is 11.7 Å². The number of carbonyl (C=O) groups is 1. The first-order valence-corrected chi connectivity index (χ1v) is 9.54. The van der Waals surface area contributed by atoms with Crippen LogP contribution >= 0.6 is 0 Å². The molecular formula is C16H23N3O3S. The lowest BCUT2D eigenvalue weighted by molar-refractivity contribution is -0.123. The molecule has 126 valence electrons. The van der Waals surface area contributed by atoms with Crippen LogP contribution in [0.5, 0.6) is 0 Å². The van der Waals surface area contributed by atoms with Crippen molar-refractivity contribution in [3.05, 3.63) is 23.8 Å². The maximum atomic E-state index is 12.8. The Morgan fingerprint density at radius 3 is 2.83 bits per heavy atom. The van der Waals surface area contributed by atoms with E-state index < -0.39 is 10.0 Å². The van der Waals surface area contributed by atoms with Crippen LogP contribution in [0.2, 0.25) is 0 Å². The van der Waals surface area contributed by atoms with E-state index in [1.165, 1.54) is 7.05 Å². The first kappa shape index (κ1) is 16.4. The Morgan fingerprint density at radius 2 is 2.13 bits per heavy atom. The predicted octanol–water partition coefficient (Wildman–Crippen LogP) is 1.00. The number of nitrogens with zero attached hydrogens (tertiary/aromatic N) is 1. The molecule has 1 heterocycles. The molecule has 0 radical (unpaired) electrons. The molecule has 0 aromatic heterocycles. The minimum absolute atomic E-state index is 0.0470. The molecule has 23 heavy (non-hydrogen) atoms. The van der Waals surface area contributed by atoms with Gasteiger partial charge in [-0.1, -0.05) is 12.5 Å². The lowest BCUT2D eigenvalue weighted by atomic mass is 9.85. The molecule has 6 nitrogen and oxygen atoms in total. The van der Waals surface area contributed by atoms with Crippen molar-refractivity contribution in [1.29, 1.82) is 0 Å². The molecule has 0 saturated heterocycles. The van der Waals surface area contributed by atoms with Crippen molar-refractivity contribution >= 4 is 21.6 Å². The topological polar surface area (TPSA) is 92.5 Å².